The molecule has 1 aliphatic rings. The summed E-state index contributed by atoms with van der Waals surface area (Å²) >= 11 is 0. The van der Waals surface area contributed by atoms with Gasteiger partial charge in [0.05, 0.1) is 11.7 Å². The van der Waals surface area contributed by atoms with Gasteiger partial charge in [0.1, 0.15) is 4.90 Å². The van der Waals surface area contributed by atoms with Crippen LogP contribution in [0.25, 0.3) is 16.5 Å². The minimum Gasteiger partial charge on any atom is -0.302 e. The zero-order valence-electron chi connectivity index (χ0n) is 15.0. The molecule has 0 bridgehead atoms. The van der Waals surface area contributed by atoms with Gasteiger partial charge >= 0.3 is 0 Å². The van der Waals surface area contributed by atoms with Crippen molar-refractivity contribution in [2.24, 2.45) is 0 Å². The fourth-order valence-electron chi connectivity index (χ4n) is 3.38. The molecule has 3 heterocycles. The van der Waals surface area contributed by atoms with Crippen molar-refractivity contribution < 1.29 is 8.42 Å². The Balaban J connectivity index is 1.88. The summed E-state index contributed by atoms with van der Waals surface area (Å²) in [6.07, 6.45) is 7.87. The van der Waals surface area contributed by atoms with Crippen molar-refractivity contribution in [3.8, 4) is 0 Å². The normalized spacial score (nSPS) is 16.2. The molecule has 0 saturated heterocycles. The van der Waals surface area contributed by atoms with Crippen LogP contribution in [0, 0.1) is 0 Å². The van der Waals surface area contributed by atoms with Crippen LogP contribution in [0.2, 0.25) is 0 Å². The van der Waals surface area contributed by atoms with Crippen LogP contribution in [0.1, 0.15) is 18.9 Å². The molecular formula is C19H22N4O2S. The SMILES string of the molecule is CCn1cc(S(=O)(=O)n2cc(C3=CCN(C)CC3)c3ccccc32)cn1. The molecule has 136 valence electrons. The first-order valence-corrected chi connectivity index (χ1v) is 10.2. The Hall–Kier alpha value is -2.38. The van der Waals surface area contributed by atoms with E-state index in [-0.39, 0.29) is 4.90 Å². The van der Waals surface area contributed by atoms with E-state index in [2.05, 4.69) is 23.1 Å². The summed E-state index contributed by atoms with van der Waals surface area (Å²) < 4.78 is 29.4. The molecule has 1 aromatic carbocycles. The fourth-order valence-corrected chi connectivity index (χ4v) is 4.71. The number of benzene rings is 1. The van der Waals surface area contributed by atoms with Crippen molar-refractivity contribution >= 4 is 26.5 Å². The second kappa shape index (κ2) is 6.41. The van der Waals surface area contributed by atoms with E-state index in [1.54, 1.807) is 17.1 Å². The zero-order valence-corrected chi connectivity index (χ0v) is 15.8. The molecule has 4 rings (SSSR count). The average Bonchev–Trinajstić information content (AvgIpc) is 3.28. The van der Waals surface area contributed by atoms with Crippen LogP contribution >= 0.6 is 0 Å². The molecule has 0 unspecified atom stereocenters. The molecule has 26 heavy (non-hydrogen) atoms. The first-order valence-electron chi connectivity index (χ1n) is 8.77. The fraction of sp³-hybridized carbons (Fsp3) is 0.316. The van der Waals surface area contributed by atoms with Gasteiger partial charge in [-0.3, -0.25) is 4.68 Å². The maximum atomic E-state index is 13.2. The smallest absolute Gasteiger partial charge is 0.271 e. The Bertz CT molecular complexity index is 1090. The number of likely N-dealkylation sites (N-methyl/N-ethyl adjacent to an activating group) is 1. The van der Waals surface area contributed by atoms with Crippen molar-refractivity contribution in [1.82, 2.24) is 18.7 Å². The average molecular weight is 370 g/mol. The molecule has 7 heteroatoms. The van der Waals surface area contributed by atoms with Crippen molar-refractivity contribution in [3.63, 3.8) is 0 Å². The second-order valence-electron chi connectivity index (χ2n) is 6.63. The van der Waals surface area contributed by atoms with E-state index in [0.29, 0.717) is 12.1 Å². The van der Waals surface area contributed by atoms with Crippen LogP contribution in [0.15, 0.2) is 53.8 Å². The number of aryl methyl sites for hydroxylation is 1. The first kappa shape index (κ1) is 17.1. The van der Waals surface area contributed by atoms with Crippen LogP contribution in [-0.2, 0) is 16.6 Å². The van der Waals surface area contributed by atoms with Gasteiger partial charge in [-0.25, -0.2) is 12.4 Å². The number of nitrogens with zero attached hydrogens (tertiary/aromatic N) is 4. The van der Waals surface area contributed by atoms with E-state index in [1.165, 1.54) is 15.7 Å². The number of para-hydroxylation sites is 1. The lowest BCUT2D eigenvalue weighted by Crippen LogP contribution is -2.23. The molecule has 3 aromatic rings. The van der Waals surface area contributed by atoms with E-state index in [0.717, 1.165) is 30.5 Å². The van der Waals surface area contributed by atoms with Gasteiger partial charge < -0.3 is 4.90 Å². The summed E-state index contributed by atoms with van der Waals surface area (Å²) in [4.78, 5) is 2.46. The van der Waals surface area contributed by atoms with Crippen LogP contribution in [0.5, 0.6) is 0 Å². The van der Waals surface area contributed by atoms with Gasteiger partial charge in [-0.05, 0) is 32.0 Å². The third-order valence-corrected chi connectivity index (χ3v) is 6.55. The third-order valence-electron chi connectivity index (χ3n) is 4.93. The maximum absolute atomic E-state index is 13.2. The highest BCUT2D eigenvalue weighted by Gasteiger charge is 2.24. The van der Waals surface area contributed by atoms with Crippen molar-refractivity contribution in [1.29, 1.82) is 0 Å². The van der Waals surface area contributed by atoms with Gasteiger partial charge in [-0.1, -0.05) is 24.3 Å². The van der Waals surface area contributed by atoms with E-state index in [9.17, 15) is 8.42 Å². The molecule has 0 amide bonds. The summed E-state index contributed by atoms with van der Waals surface area (Å²) in [5.41, 5.74) is 2.91. The topological polar surface area (TPSA) is 60.1 Å². The van der Waals surface area contributed by atoms with Crippen molar-refractivity contribution in [2.75, 3.05) is 20.1 Å². The minimum atomic E-state index is -3.69. The van der Waals surface area contributed by atoms with Crippen LogP contribution in [-0.4, -0.2) is 47.2 Å². The molecule has 0 atom stereocenters. The molecule has 6 nitrogen and oxygen atoms in total. The lowest BCUT2D eigenvalue weighted by molar-refractivity contribution is 0.370. The van der Waals surface area contributed by atoms with Gasteiger partial charge in [0.25, 0.3) is 10.0 Å². The number of hydrogen-bond donors (Lipinski definition) is 0. The summed E-state index contributed by atoms with van der Waals surface area (Å²) in [6, 6.07) is 7.67. The largest absolute Gasteiger partial charge is 0.302 e. The number of hydrogen-bond acceptors (Lipinski definition) is 4. The van der Waals surface area contributed by atoms with Crippen LogP contribution in [0.3, 0.4) is 0 Å². The van der Waals surface area contributed by atoms with Gasteiger partial charge in [-0.2, -0.15) is 5.10 Å². The molecule has 0 saturated carbocycles. The van der Waals surface area contributed by atoms with Crippen molar-refractivity contribution in [2.45, 2.75) is 24.8 Å². The Labute approximate surface area is 153 Å². The Morgan fingerprint density at radius 1 is 1.19 bits per heavy atom. The Kier molecular flexibility index (Phi) is 4.20. The van der Waals surface area contributed by atoms with E-state index >= 15 is 0 Å². The number of fused-ring (bicyclic) bond motifs is 1. The Morgan fingerprint density at radius 2 is 2.00 bits per heavy atom. The van der Waals surface area contributed by atoms with Gasteiger partial charge in [0.2, 0.25) is 0 Å². The zero-order chi connectivity index (χ0) is 18.3. The summed E-state index contributed by atoms with van der Waals surface area (Å²) in [6.45, 7) is 4.42. The quantitative estimate of drug-likeness (QED) is 0.709. The van der Waals surface area contributed by atoms with E-state index in [1.807, 2.05) is 31.2 Å². The lowest BCUT2D eigenvalue weighted by atomic mass is 9.99. The molecule has 0 N–H and O–H groups in total. The van der Waals surface area contributed by atoms with Crippen LogP contribution in [0.4, 0.5) is 0 Å². The lowest BCUT2D eigenvalue weighted by Gasteiger charge is -2.21. The highest BCUT2D eigenvalue weighted by Crippen LogP contribution is 2.32. The molecular weight excluding hydrogens is 348 g/mol. The highest BCUT2D eigenvalue weighted by molar-refractivity contribution is 7.90. The minimum absolute atomic E-state index is 0.212. The predicted octanol–water partition coefficient (Wildman–Crippen LogP) is 2.81. The second-order valence-corrected chi connectivity index (χ2v) is 8.45. The predicted molar refractivity (Wildman–Crippen MR) is 103 cm³/mol. The molecule has 0 fully saturated rings. The highest BCUT2D eigenvalue weighted by atomic mass is 32.2. The number of rotatable bonds is 4. The van der Waals surface area contributed by atoms with Gasteiger partial charge in [0.15, 0.2) is 0 Å². The third kappa shape index (κ3) is 2.77. The standard InChI is InChI=1S/C19H22N4O2S/c1-3-22-13-16(12-20-22)26(24,25)23-14-18(15-8-10-21(2)11-9-15)17-6-4-5-7-19(17)23/h4-8,12-14H,3,9-11H2,1-2H3. The first-order chi connectivity index (χ1) is 12.5. The summed E-state index contributed by atoms with van der Waals surface area (Å²) in [5.74, 6) is 0. The number of aromatic nitrogens is 3. The van der Waals surface area contributed by atoms with Crippen LogP contribution < -0.4 is 0 Å². The molecule has 2 aromatic heterocycles. The van der Waals surface area contributed by atoms with Crippen molar-refractivity contribution in [3.05, 3.63) is 54.5 Å². The molecule has 1 aliphatic heterocycles. The van der Waals surface area contributed by atoms with Gasteiger partial charge in [0, 0.05) is 43.0 Å². The molecule has 0 spiro atoms. The van der Waals surface area contributed by atoms with Gasteiger partial charge in [-0.15, -0.1) is 0 Å². The van der Waals surface area contributed by atoms with E-state index < -0.39 is 10.0 Å². The Morgan fingerprint density at radius 3 is 2.69 bits per heavy atom. The molecule has 0 radical (unpaired) electrons. The summed E-state index contributed by atoms with van der Waals surface area (Å²) in [7, 11) is -1.60. The molecule has 0 aliphatic carbocycles. The maximum Gasteiger partial charge on any atom is 0.271 e. The monoisotopic (exact) mass is 370 g/mol. The summed E-state index contributed by atoms with van der Waals surface area (Å²) in [5, 5.41) is 5.09. The van der Waals surface area contributed by atoms with E-state index in [4.69, 9.17) is 0 Å².